The summed E-state index contributed by atoms with van der Waals surface area (Å²) >= 11 is 0. The highest BCUT2D eigenvalue weighted by Crippen LogP contribution is 2.17. The number of nitriles is 2. The molecule has 0 saturated carbocycles. The molecule has 84 valence electrons. The first-order valence-corrected chi connectivity index (χ1v) is 4.91. The van der Waals surface area contributed by atoms with Crippen molar-refractivity contribution in [1.82, 2.24) is 0 Å². The average molecular weight is 225 g/mol. The van der Waals surface area contributed by atoms with E-state index in [0.717, 1.165) is 5.69 Å². The van der Waals surface area contributed by atoms with Gasteiger partial charge in [-0.1, -0.05) is 18.7 Å². The quantitative estimate of drug-likeness (QED) is 0.617. The van der Waals surface area contributed by atoms with Gasteiger partial charge >= 0.3 is 0 Å². The molecule has 0 aromatic heterocycles. The SMILES string of the molecule is C=CCOc1cccc(NC=C(C#N)C#N)c1. The standard InChI is InChI=1S/C13H11N3O/c1-2-6-17-13-5-3-4-12(7-13)16-10-11(8-14)9-15/h2-5,7,10,16H,1,6H2. The molecule has 0 saturated heterocycles. The first kappa shape index (κ1) is 12.4. The predicted molar refractivity (Wildman–Crippen MR) is 65.1 cm³/mol. The van der Waals surface area contributed by atoms with E-state index in [1.165, 1.54) is 6.20 Å². The van der Waals surface area contributed by atoms with Crippen LogP contribution in [0.25, 0.3) is 0 Å². The fourth-order valence-electron chi connectivity index (χ4n) is 1.08. The van der Waals surface area contributed by atoms with Crippen LogP contribution in [0, 0.1) is 22.7 Å². The molecule has 0 atom stereocenters. The summed E-state index contributed by atoms with van der Waals surface area (Å²) in [5.41, 5.74) is 0.761. The Labute approximate surface area is 100 Å². The van der Waals surface area contributed by atoms with Crippen LogP contribution in [0.1, 0.15) is 0 Å². The summed E-state index contributed by atoms with van der Waals surface area (Å²) in [5, 5.41) is 20.0. The molecule has 0 aliphatic heterocycles. The molecule has 1 N–H and O–H groups in total. The van der Waals surface area contributed by atoms with Crippen LogP contribution < -0.4 is 10.1 Å². The summed E-state index contributed by atoms with van der Waals surface area (Å²) in [5.74, 6) is 0.693. The topological polar surface area (TPSA) is 68.8 Å². The largest absolute Gasteiger partial charge is 0.489 e. The van der Waals surface area contributed by atoms with Crippen LogP contribution in [0.5, 0.6) is 5.75 Å². The molecule has 0 bridgehead atoms. The van der Waals surface area contributed by atoms with E-state index in [4.69, 9.17) is 15.3 Å². The Morgan fingerprint density at radius 3 is 2.82 bits per heavy atom. The van der Waals surface area contributed by atoms with Crippen LogP contribution in [0.3, 0.4) is 0 Å². The summed E-state index contributed by atoms with van der Waals surface area (Å²) < 4.78 is 5.35. The molecule has 0 unspecified atom stereocenters. The van der Waals surface area contributed by atoms with Gasteiger partial charge in [-0.05, 0) is 12.1 Å². The number of nitrogens with zero attached hydrogens (tertiary/aromatic N) is 2. The number of hydrogen-bond donors (Lipinski definition) is 1. The van der Waals surface area contributed by atoms with Gasteiger partial charge in [0.1, 0.15) is 30.1 Å². The highest BCUT2D eigenvalue weighted by Gasteiger charge is 1.95. The number of ether oxygens (including phenoxy) is 1. The van der Waals surface area contributed by atoms with Crippen molar-refractivity contribution in [1.29, 1.82) is 10.5 Å². The molecule has 0 fully saturated rings. The Hall–Kier alpha value is -2.72. The van der Waals surface area contributed by atoms with Crippen molar-refractivity contribution in [2.75, 3.05) is 11.9 Å². The molecular formula is C13H11N3O. The summed E-state index contributed by atoms with van der Waals surface area (Å²) in [6.07, 6.45) is 3.01. The van der Waals surface area contributed by atoms with E-state index in [-0.39, 0.29) is 5.57 Å². The second kappa shape index (κ2) is 6.71. The minimum atomic E-state index is 0.0161. The van der Waals surface area contributed by atoms with Crippen molar-refractivity contribution in [3.8, 4) is 17.9 Å². The first-order valence-electron chi connectivity index (χ1n) is 4.91. The summed E-state index contributed by atoms with van der Waals surface area (Å²) in [7, 11) is 0. The second-order valence-electron chi connectivity index (χ2n) is 3.05. The van der Waals surface area contributed by atoms with Crippen LogP contribution in [0.15, 0.2) is 48.7 Å². The number of hydrogen-bond acceptors (Lipinski definition) is 4. The fraction of sp³-hybridized carbons (Fsp3) is 0.0769. The maximum atomic E-state index is 8.56. The summed E-state index contributed by atoms with van der Waals surface area (Å²) in [4.78, 5) is 0. The van der Waals surface area contributed by atoms with Crippen molar-refractivity contribution in [2.24, 2.45) is 0 Å². The smallest absolute Gasteiger partial charge is 0.145 e. The van der Waals surface area contributed by atoms with Gasteiger partial charge in [0.25, 0.3) is 0 Å². The van der Waals surface area contributed by atoms with Gasteiger partial charge in [-0.25, -0.2) is 0 Å². The molecule has 17 heavy (non-hydrogen) atoms. The molecule has 1 aromatic carbocycles. The third-order valence-corrected chi connectivity index (χ3v) is 1.83. The van der Waals surface area contributed by atoms with Crippen LogP contribution in [-0.2, 0) is 0 Å². The van der Waals surface area contributed by atoms with Gasteiger partial charge in [0, 0.05) is 18.0 Å². The maximum absolute atomic E-state index is 8.56. The van der Waals surface area contributed by atoms with Gasteiger partial charge in [-0.15, -0.1) is 0 Å². The average Bonchev–Trinajstić information content (AvgIpc) is 2.38. The monoisotopic (exact) mass is 225 g/mol. The molecule has 4 heteroatoms. The van der Waals surface area contributed by atoms with Gasteiger partial charge in [-0.3, -0.25) is 0 Å². The summed E-state index contributed by atoms with van der Waals surface area (Å²) in [6.45, 7) is 3.99. The number of nitrogens with one attached hydrogen (secondary N) is 1. The Balaban J connectivity index is 2.73. The molecule has 4 nitrogen and oxygen atoms in total. The minimum Gasteiger partial charge on any atom is -0.489 e. The van der Waals surface area contributed by atoms with Crippen LogP contribution in [0.4, 0.5) is 5.69 Å². The van der Waals surface area contributed by atoms with E-state index in [2.05, 4.69) is 11.9 Å². The van der Waals surface area contributed by atoms with E-state index < -0.39 is 0 Å². The highest BCUT2D eigenvalue weighted by molar-refractivity contribution is 5.52. The zero-order valence-corrected chi connectivity index (χ0v) is 9.18. The van der Waals surface area contributed by atoms with Crippen molar-refractivity contribution in [2.45, 2.75) is 0 Å². The van der Waals surface area contributed by atoms with Gasteiger partial charge in [0.05, 0.1) is 0 Å². The van der Waals surface area contributed by atoms with E-state index in [9.17, 15) is 0 Å². The highest BCUT2D eigenvalue weighted by atomic mass is 16.5. The zero-order chi connectivity index (χ0) is 12.5. The van der Waals surface area contributed by atoms with Crippen molar-refractivity contribution in [3.63, 3.8) is 0 Å². The summed E-state index contributed by atoms with van der Waals surface area (Å²) in [6, 6.07) is 10.7. The molecular weight excluding hydrogens is 214 g/mol. The molecule has 0 aliphatic rings. The van der Waals surface area contributed by atoms with Crippen molar-refractivity contribution < 1.29 is 4.74 Å². The molecule has 0 amide bonds. The Morgan fingerprint density at radius 1 is 1.41 bits per heavy atom. The third-order valence-electron chi connectivity index (χ3n) is 1.83. The number of anilines is 1. The fourth-order valence-corrected chi connectivity index (χ4v) is 1.08. The first-order chi connectivity index (χ1) is 8.30. The Kier molecular flexibility index (Phi) is 4.87. The van der Waals surface area contributed by atoms with E-state index in [1.54, 1.807) is 24.3 Å². The second-order valence-corrected chi connectivity index (χ2v) is 3.05. The van der Waals surface area contributed by atoms with E-state index >= 15 is 0 Å². The lowest BCUT2D eigenvalue weighted by molar-refractivity contribution is 0.363. The Bertz CT molecular complexity index is 490. The normalized spacial score (nSPS) is 8.35. The third kappa shape index (κ3) is 4.11. The molecule has 1 aromatic rings. The molecule has 0 spiro atoms. The van der Waals surface area contributed by atoms with Gasteiger partial charge in [0.2, 0.25) is 0 Å². The maximum Gasteiger partial charge on any atom is 0.145 e. The molecule has 1 rings (SSSR count). The molecule has 0 heterocycles. The number of benzene rings is 1. The molecule has 0 aliphatic carbocycles. The van der Waals surface area contributed by atoms with Crippen molar-refractivity contribution in [3.05, 3.63) is 48.7 Å². The predicted octanol–water partition coefficient (Wildman–Crippen LogP) is 2.59. The molecule has 0 radical (unpaired) electrons. The van der Waals surface area contributed by atoms with Gasteiger partial charge < -0.3 is 10.1 Å². The van der Waals surface area contributed by atoms with Crippen molar-refractivity contribution >= 4 is 5.69 Å². The minimum absolute atomic E-state index is 0.0161. The van der Waals surface area contributed by atoms with E-state index in [0.29, 0.717) is 12.4 Å². The zero-order valence-electron chi connectivity index (χ0n) is 9.18. The number of allylic oxidation sites excluding steroid dienone is 1. The van der Waals surface area contributed by atoms with Gasteiger partial charge in [-0.2, -0.15) is 10.5 Å². The lowest BCUT2D eigenvalue weighted by Gasteiger charge is -2.05. The van der Waals surface area contributed by atoms with Crippen LogP contribution in [-0.4, -0.2) is 6.61 Å². The lowest BCUT2D eigenvalue weighted by atomic mass is 10.3. The lowest BCUT2D eigenvalue weighted by Crippen LogP contribution is -1.94. The number of rotatable bonds is 5. The van der Waals surface area contributed by atoms with E-state index in [1.807, 2.05) is 18.2 Å². The van der Waals surface area contributed by atoms with Gasteiger partial charge in [0.15, 0.2) is 0 Å². The van der Waals surface area contributed by atoms with Crippen LogP contribution >= 0.6 is 0 Å². The Morgan fingerprint density at radius 2 is 2.18 bits per heavy atom. The van der Waals surface area contributed by atoms with Crippen LogP contribution in [0.2, 0.25) is 0 Å².